The first kappa shape index (κ1) is 11.2. The van der Waals surface area contributed by atoms with Gasteiger partial charge in [-0.3, -0.25) is 10.3 Å². The fourth-order valence-corrected chi connectivity index (χ4v) is 1.99. The molecule has 1 N–H and O–H groups in total. The van der Waals surface area contributed by atoms with E-state index in [0.717, 1.165) is 15.7 Å². The van der Waals surface area contributed by atoms with Gasteiger partial charge in [0.2, 0.25) is 0 Å². The second kappa shape index (κ2) is 5.14. The van der Waals surface area contributed by atoms with Gasteiger partial charge in [0.1, 0.15) is 0 Å². The maximum Gasteiger partial charge on any atom is 0.0780 e. The molecule has 3 heteroatoms. The summed E-state index contributed by atoms with van der Waals surface area (Å²) < 4.78 is 0.883. The molecule has 0 saturated heterocycles. The van der Waals surface area contributed by atoms with Gasteiger partial charge in [-0.2, -0.15) is 0 Å². The Morgan fingerprint density at radius 1 is 0.938 bits per heavy atom. The van der Waals surface area contributed by atoms with Gasteiger partial charge in [0.25, 0.3) is 0 Å². The van der Waals surface area contributed by atoms with E-state index in [1.54, 1.807) is 0 Å². The van der Waals surface area contributed by atoms with Crippen LogP contribution in [0.2, 0.25) is 0 Å². The van der Waals surface area contributed by atoms with Crippen LogP contribution in [0.3, 0.4) is 0 Å². The highest BCUT2D eigenvalue weighted by atomic mass is 79.9. The average Bonchev–Trinajstić information content (AvgIpc) is 2.31. The molecule has 0 spiro atoms. The summed E-state index contributed by atoms with van der Waals surface area (Å²) in [6.07, 6.45) is 0. The third-order valence-electron chi connectivity index (χ3n) is 2.31. The van der Waals surface area contributed by atoms with Crippen molar-refractivity contribution in [2.75, 3.05) is 5.06 Å². The third-order valence-corrected chi connectivity index (χ3v) is 2.98. The molecule has 0 radical (unpaired) electrons. The molecule has 0 fully saturated rings. The number of para-hydroxylation sites is 1. The predicted octanol–water partition coefficient (Wildman–Crippen LogP) is 3.84. The first-order valence-corrected chi connectivity index (χ1v) is 5.81. The second-order valence-corrected chi connectivity index (χ2v) is 4.35. The quantitative estimate of drug-likeness (QED) is 0.862. The largest absolute Gasteiger partial charge is 0.288 e. The summed E-state index contributed by atoms with van der Waals surface area (Å²) >= 11 is 3.41. The lowest BCUT2D eigenvalue weighted by molar-refractivity contribution is 0.249. The summed E-state index contributed by atoms with van der Waals surface area (Å²) in [5, 5.41) is 11.2. The number of hydrogen-bond donors (Lipinski definition) is 1. The number of halogens is 1. The van der Waals surface area contributed by atoms with Crippen LogP contribution < -0.4 is 5.06 Å². The summed E-state index contributed by atoms with van der Waals surface area (Å²) in [5.41, 5.74) is 1.84. The first-order chi connectivity index (χ1) is 7.77. The highest BCUT2D eigenvalue weighted by Crippen LogP contribution is 2.25. The van der Waals surface area contributed by atoms with E-state index >= 15 is 0 Å². The molecule has 0 saturated carbocycles. The van der Waals surface area contributed by atoms with E-state index in [9.17, 15) is 5.21 Å². The standard InChI is InChI=1S/C13H12BrNO/c14-12-8-4-5-9-13(12)15(16)10-11-6-2-1-3-7-11/h1-9,16H,10H2. The van der Waals surface area contributed by atoms with E-state index in [4.69, 9.17) is 0 Å². The molecule has 2 nitrogen and oxygen atoms in total. The van der Waals surface area contributed by atoms with Crippen LogP contribution >= 0.6 is 15.9 Å². The van der Waals surface area contributed by atoms with Gasteiger partial charge in [-0.1, -0.05) is 42.5 Å². The van der Waals surface area contributed by atoms with Gasteiger partial charge in [-0.15, -0.1) is 0 Å². The molecule has 0 aliphatic heterocycles. The summed E-state index contributed by atoms with van der Waals surface area (Å²) in [6.45, 7) is 0.476. The molecule has 0 amide bonds. The van der Waals surface area contributed by atoms with Crippen LogP contribution in [0.25, 0.3) is 0 Å². The third kappa shape index (κ3) is 2.62. The monoisotopic (exact) mass is 277 g/mol. The minimum atomic E-state index is 0.476. The fraction of sp³-hybridized carbons (Fsp3) is 0.0769. The van der Waals surface area contributed by atoms with Crippen molar-refractivity contribution in [3.05, 3.63) is 64.6 Å². The molecule has 2 rings (SSSR count). The Morgan fingerprint density at radius 3 is 2.25 bits per heavy atom. The van der Waals surface area contributed by atoms with Gasteiger partial charge < -0.3 is 0 Å². The molecule has 0 aliphatic carbocycles. The van der Waals surface area contributed by atoms with E-state index in [1.165, 1.54) is 5.06 Å². The van der Waals surface area contributed by atoms with Crippen LogP contribution in [0.1, 0.15) is 5.56 Å². The van der Waals surface area contributed by atoms with Crippen molar-refractivity contribution in [1.82, 2.24) is 0 Å². The molecule has 2 aromatic carbocycles. The molecule has 0 aromatic heterocycles. The van der Waals surface area contributed by atoms with E-state index in [2.05, 4.69) is 15.9 Å². The van der Waals surface area contributed by atoms with Crippen molar-refractivity contribution in [1.29, 1.82) is 0 Å². The number of rotatable bonds is 3. The second-order valence-electron chi connectivity index (χ2n) is 3.49. The molecule has 0 aliphatic rings. The van der Waals surface area contributed by atoms with Crippen LogP contribution in [0.5, 0.6) is 0 Å². The zero-order valence-corrected chi connectivity index (χ0v) is 10.3. The number of hydrogen-bond acceptors (Lipinski definition) is 2. The van der Waals surface area contributed by atoms with Gasteiger partial charge in [0.15, 0.2) is 0 Å². The molecular formula is C13H12BrNO. The minimum Gasteiger partial charge on any atom is -0.288 e. The van der Waals surface area contributed by atoms with Crippen LogP contribution in [-0.2, 0) is 6.54 Å². The average molecular weight is 278 g/mol. The number of benzene rings is 2. The van der Waals surface area contributed by atoms with Crippen LogP contribution in [0.15, 0.2) is 59.1 Å². The van der Waals surface area contributed by atoms with Gasteiger partial charge >= 0.3 is 0 Å². The van der Waals surface area contributed by atoms with Crippen molar-refractivity contribution < 1.29 is 5.21 Å². The Morgan fingerprint density at radius 2 is 1.56 bits per heavy atom. The highest BCUT2D eigenvalue weighted by molar-refractivity contribution is 9.10. The molecule has 0 heterocycles. The lowest BCUT2D eigenvalue weighted by Crippen LogP contribution is -2.17. The maximum atomic E-state index is 9.96. The molecule has 0 atom stereocenters. The van der Waals surface area contributed by atoms with Crippen molar-refractivity contribution >= 4 is 21.6 Å². The van der Waals surface area contributed by atoms with Crippen LogP contribution in [0, 0.1) is 0 Å². The Kier molecular flexibility index (Phi) is 3.59. The fourth-order valence-electron chi connectivity index (χ4n) is 1.50. The van der Waals surface area contributed by atoms with E-state index in [1.807, 2.05) is 54.6 Å². The molecule has 2 aromatic rings. The number of hydroxylamine groups is 1. The van der Waals surface area contributed by atoms with Crippen molar-refractivity contribution in [2.45, 2.75) is 6.54 Å². The maximum absolute atomic E-state index is 9.96. The van der Waals surface area contributed by atoms with E-state index in [-0.39, 0.29) is 0 Å². The Balaban J connectivity index is 2.15. The summed E-state index contributed by atoms with van der Waals surface area (Å²) in [6, 6.07) is 17.4. The van der Waals surface area contributed by atoms with Gasteiger partial charge in [-0.25, -0.2) is 0 Å². The topological polar surface area (TPSA) is 23.5 Å². The summed E-state index contributed by atoms with van der Waals surface area (Å²) in [5.74, 6) is 0. The zero-order valence-electron chi connectivity index (χ0n) is 8.68. The van der Waals surface area contributed by atoms with Gasteiger partial charge in [-0.05, 0) is 33.6 Å². The first-order valence-electron chi connectivity index (χ1n) is 5.02. The molecule has 0 bridgehead atoms. The number of nitrogens with zero attached hydrogens (tertiary/aromatic N) is 1. The van der Waals surface area contributed by atoms with Crippen LogP contribution in [-0.4, -0.2) is 5.21 Å². The Hall–Kier alpha value is -1.32. The SMILES string of the molecule is ON(Cc1ccccc1)c1ccccc1Br. The van der Waals surface area contributed by atoms with Crippen molar-refractivity contribution in [3.8, 4) is 0 Å². The normalized spacial score (nSPS) is 10.1. The van der Waals surface area contributed by atoms with Crippen molar-refractivity contribution in [3.63, 3.8) is 0 Å². The van der Waals surface area contributed by atoms with Gasteiger partial charge in [0, 0.05) is 4.47 Å². The smallest absolute Gasteiger partial charge is 0.0780 e. The van der Waals surface area contributed by atoms with E-state index in [0.29, 0.717) is 6.54 Å². The van der Waals surface area contributed by atoms with Crippen molar-refractivity contribution in [2.24, 2.45) is 0 Å². The predicted molar refractivity (Wildman–Crippen MR) is 68.6 cm³/mol. The summed E-state index contributed by atoms with van der Waals surface area (Å²) in [7, 11) is 0. The van der Waals surface area contributed by atoms with Crippen LogP contribution in [0.4, 0.5) is 5.69 Å². The zero-order chi connectivity index (χ0) is 11.4. The molecule has 16 heavy (non-hydrogen) atoms. The molecule has 82 valence electrons. The van der Waals surface area contributed by atoms with E-state index < -0.39 is 0 Å². The lowest BCUT2D eigenvalue weighted by atomic mass is 10.2. The molecule has 0 unspecified atom stereocenters. The minimum absolute atomic E-state index is 0.476. The Labute approximate surface area is 103 Å². The molecular weight excluding hydrogens is 266 g/mol. The number of anilines is 1. The summed E-state index contributed by atoms with van der Waals surface area (Å²) in [4.78, 5) is 0. The lowest BCUT2D eigenvalue weighted by Gasteiger charge is -2.18. The Bertz CT molecular complexity index is 458. The van der Waals surface area contributed by atoms with Gasteiger partial charge in [0.05, 0.1) is 12.2 Å². The highest BCUT2D eigenvalue weighted by Gasteiger charge is 2.06.